The van der Waals surface area contributed by atoms with Crippen molar-refractivity contribution in [2.24, 2.45) is 0 Å². The topological polar surface area (TPSA) is 102 Å². The number of carbonyl (C=O) groups excluding carboxylic acids is 2. The van der Waals surface area contributed by atoms with E-state index in [1.807, 2.05) is 31.2 Å². The molecule has 0 radical (unpaired) electrons. The van der Waals surface area contributed by atoms with Crippen molar-refractivity contribution in [1.82, 2.24) is 14.5 Å². The molecule has 0 saturated heterocycles. The maximum atomic E-state index is 13.6. The Morgan fingerprint density at radius 3 is 2.37 bits per heavy atom. The summed E-state index contributed by atoms with van der Waals surface area (Å²) in [5.74, 6) is -0.411. The molecule has 0 atom stereocenters. The summed E-state index contributed by atoms with van der Waals surface area (Å²) in [4.78, 5) is 52.2. The third kappa shape index (κ3) is 5.44. The molecule has 1 fully saturated rings. The number of fused-ring (bicyclic) bond motifs is 1. The van der Waals surface area contributed by atoms with Crippen LogP contribution in [0.25, 0.3) is 16.6 Å². The lowest BCUT2D eigenvalue weighted by molar-refractivity contribution is -0.122. The molecule has 2 N–H and O–H groups in total. The molecule has 4 aromatic rings. The Balaban J connectivity index is 1.42. The second-order valence-corrected chi connectivity index (χ2v) is 9.84. The fourth-order valence-electron chi connectivity index (χ4n) is 5.06. The summed E-state index contributed by atoms with van der Waals surface area (Å²) < 4.78 is 2.44. The third-order valence-electron chi connectivity index (χ3n) is 6.93. The number of benzene rings is 3. The Morgan fingerprint density at radius 1 is 0.895 bits per heavy atom. The second-order valence-electron chi connectivity index (χ2n) is 9.84. The van der Waals surface area contributed by atoms with Crippen molar-refractivity contribution >= 4 is 28.4 Å². The second kappa shape index (κ2) is 10.9. The van der Waals surface area contributed by atoms with E-state index < -0.39 is 11.2 Å². The molecular weight excluding hydrogens is 480 g/mol. The summed E-state index contributed by atoms with van der Waals surface area (Å²) in [6.45, 7) is 1.78. The Morgan fingerprint density at radius 2 is 1.63 bits per heavy atom. The minimum Gasteiger partial charge on any atom is -0.352 e. The molecule has 2 amide bonds. The van der Waals surface area contributed by atoms with Crippen LogP contribution in [-0.4, -0.2) is 27.0 Å². The van der Waals surface area contributed by atoms with Crippen LogP contribution in [0.15, 0.2) is 82.4 Å². The van der Waals surface area contributed by atoms with Crippen LogP contribution in [0, 0.1) is 6.92 Å². The summed E-state index contributed by atoms with van der Waals surface area (Å²) in [5, 5.41) is 6.25. The minimum absolute atomic E-state index is 0.131. The van der Waals surface area contributed by atoms with Gasteiger partial charge in [0.25, 0.3) is 5.56 Å². The van der Waals surface area contributed by atoms with Crippen LogP contribution in [0.4, 0.5) is 5.69 Å². The first kappa shape index (κ1) is 25.2. The van der Waals surface area contributed by atoms with E-state index in [4.69, 9.17) is 0 Å². The van der Waals surface area contributed by atoms with E-state index in [0.717, 1.165) is 47.1 Å². The van der Waals surface area contributed by atoms with E-state index in [0.29, 0.717) is 16.6 Å². The molecule has 3 aromatic carbocycles. The molecule has 194 valence electrons. The zero-order chi connectivity index (χ0) is 26.6. The predicted molar refractivity (Wildman–Crippen MR) is 148 cm³/mol. The van der Waals surface area contributed by atoms with Crippen LogP contribution in [0.2, 0.25) is 0 Å². The van der Waals surface area contributed by atoms with Gasteiger partial charge in [0.05, 0.1) is 23.0 Å². The van der Waals surface area contributed by atoms with E-state index in [2.05, 4.69) is 10.6 Å². The number of carbonyl (C=O) groups is 2. The van der Waals surface area contributed by atoms with E-state index in [1.54, 1.807) is 48.5 Å². The standard InChI is InChI=1S/C30H30N4O4/c1-20-7-6-10-23(17-20)32-27(35)18-21-13-15-24(16-14-21)34-29(37)25-11-4-5-12-26(25)33(30(34)38)19-28(36)31-22-8-2-3-9-22/h4-7,10-17,22H,2-3,8-9,18-19H2,1H3,(H,31,36)(H,32,35). The largest absolute Gasteiger partial charge is 0.352 e. The summed E-state index contributed by atoms with van der Waals surface area (Å²) in [5.41, 5.74) is 2.28. The fourth-order valence-corrected chi connectivity index (χ4v) is 5.06. The number of rotatable bonds is 7. The first-order chi connectivity index (χ1) is 18.4. The number of nitrogens with zero attached hydrogens (tertiary/aromatic N) is 2. The molecule has 0 aliphatic heterocycles. The average molecular weight is 511 g/mol. The van der Waals surface area contributed by atoms with Crippen molar-refractivity contribution in [1.29, 1.82) is 0 Å². The van der Waals surface area contributed by atoms with Gasteiger partial charge in [0.2, 0.25) is 11.8 Å². The highest BCUT2D eigenvalue weighted by atomic mass is 16.2. The van der Waals surface area contributed by atoms with Crippen LogP contribution in [-0.2, 0) is 22.6 Å². The molecule has 8 heteroatoms. The minimum atomic E-state index is -0.583. The highest BCUT2D eigenvalue weighted by Gasteiger charge is 2.20. The molecule has 38 heavy (non-hydrogen) atoms. The number of hydrogen-bond acceptors (Lipinski definition) is 4. The van der Waals surface area contributed by atoms with E-state index in [1.165, 1.54) is 4.57 Å². The normalized spacial score (nSPS) is 13.5. The van der Waals surface area contributed by atoms with Crippen LogP contribution < -0.4 is 21.9 Å². The van der Waals surface area contributed by atoms with Gasteiger partial charge in [-0.3, -0.25) is 19.0 Å². The zero-order valence-electron chi connectivity index (χ0n) is 21.3. The smallest absolute Gasteiger partial charge is 0.336 e. The van der Waals surface area contributed by atoms with Gasteiger partial charge in [0.1, 0.15) is 6.54 Å². The molecule has 1 aromatic heterocycles. The number of amides is 2. The number of aromatic nitrogens is 2. The van der Waals surface area contributed by atoms with E-state index in [9.17, 15) is 19.2 Å². The van der Waals surface area contributed by atoms with Crippen molar-refractivity contribution in [2.45, 2.75) is 51.6 Å². The summed E-state index contributed by atoms with van der Waals surface area (Å²) in [6.07, 6.45) is 4.20. The Bertz CT molecular complexity index is 1610. The molecule has 0 spiro atoms. The highest BCUT2D eigenvalue weighted by Crippen LogP contribution is 2.18. The first-order valence-electron chi connectivity index (χ1n) is 12.9. The first-order valence-corrected chi connectivity index (χ1v) is 12.9. The maximum absolute atomic E-state index is 13.6. The number of anilines is 1. The Kier molecular flexibility index (Phi) is 7.22. The van der Waals surface area contributed by atoms with E-state index in [-0.39, 0.29) is 30.8 Å². The lowest BCUT2D eigenvalue weighted by Crippen LogP contribution is -2.43. The van der Waals surface area contributed by atoms with Gasteiger partial charge in [0, 0.05) is 11.7 Å². The van der Waals surface area contributed by atoms with Gasteiger partial charge in [-0.15, -0.1) is 0 Å². The number of aryl methyl sites for hydroxylation is 1. The quantitative estimate of drug-likeness (QED) is 0.396. The van der Waals surface area contributed by atoms with Crippen LogP contribution >= 0.6 is 0 Å². The maximum Gasteiger partial charge on any atom is 0.336 e. The summed E-state index contributed by atoms with van der Waals surface area (Å²) in [6, 6.07) is 21.3. The molecule has 1 aliphatic rings. The predicted octanol–water partition coefficient (Wildman–Crippen LogP) is 3.70. The number of para-hydroxylation sites is 1. The van der Waals surface area contributed by atoms with Gasteiger partial charge in [-0.25, -0.2) is 9.36 Å². The van der Waals surface area contributed by atoms with Crippen LogP contribution in [0.1, 0.15) is 36.8 Å². The molecule has 0 unspecified atom stereocenters. The molecule has 1 heterocycles. The molecular formula is C30H30N4O4. The van der Waals surface area contributed by atoms with Gasteiger partial charge < -0.3 is 10.6 Å². The van der Waals surface area contributed by atoms with Gasteiger partial charge in [-0.1, -0.05) is 49.2 Å². The zero-order valence-corrected chi connectivity index (χ0v) is 21.3. The monoisotopic (exact) mass is 510 g/mol. The SMILES string of the molecule is Cc1cccc(NC(=O)Cc2ccc(-n3c(=O)c4ccccc4n(CC(=O)NC4CCCC4)c3=O)cc2)c1. The summed E-state index contributed by atoms with van der Waals surface area (Å²) >= 11 is 0. The van der Waals surface area contributed by atoms with Crippen molar-refractivity contribution in [2.75, 3.05) is 5.32 Å². The fraction of sp³-hybridized carbons (Fsp3) is 0.267. The Hall–Kier alpha value is -4.46. The van der Waals surface area contributed by atoms with E-state index >= 15 is 0 Å². The Labute approximate surface area is 219 Å². The van der Waals surface area contributed by atoms with Crippen molar-refractivity contribution < 1.29 is 9.59 Å². The molecule has 1 aliphatic carbocycles. The van der Waals surface area contributed by atoms with Crippen LogP contribution in [0.5, 0.6) is 0 Å². The van der Waals surface area contributed by atoms with Crippen molar-refractivity contribution in [3.8, 4) is 5.69 Å². The average Bonchev–Trinajstić information content (AvgIpc) is 3.40. The van der Waals surface area contributed by atoms with Gasteiger partial charge >= 0.3 is 5.69 Å². The highest BCUT2D eigenvalue weighted by molar-refractivity contribution is 5.92. The van der Waals surface area contributed by atoms with Crippen molar-refractivity contribution in [3.05, 3.63) is 105 Å². The number of nitrogens with one attached hydrogen (secondary N) is 2. The molecule has 8 nitrogen and oxygen atoms in total. The lowest BCUT2D eigenvalue weighted by Gasteiger charge is -2.16. The molecule has 1 saturated carbocycles. The summed E-state index contributed by atoms with van der Waals surface area (Å²) in [7, 11) is 0. The third-order valence-corrected chi connectivity index (χ3v) is 6.93. The van der Waals surface area contributed by atoms with Gasteiger partial charge in [-0.05, 0) is 67.3 Å². The van der Waals surface area contributed by atoms with Crippen LogP contribution in [0.3, 0.4) is 0 Å². The number of hydrogen-bond donors (Lipinski definition) is 2. The molecule has 0 bridgehead atoms. The van der Waals surface area contributed by atoms with Gasteiger partial charge in [0.15, 0.2) is 0 Å². The van der Waals surface area contributed by atoms with Crippen molar-refractivity contribution in [3.63, 3.8) is 0 Å². The molecule has 5 rings (SSSR count). The van der Waals surface area contributed by atoms with Gasteiger partial charge in [-0.2, -0.15) is 0 Å². The lowest BCUT2D eigenvalue weighted by atomic mass is 10.1.